The van der Waals surface area contributed by atoms with Crippen LogP contribution in [0.4, 0.5) is 5.69 Å². The third-order valence-electron chi connectivity index (χ3n) is 11.4. The Kier molecular flexibility index (Phi) is 6.01. The number of fused-ring (bicyclic) bond motifs is 1. The van der Waals surface area contributed by atoms with Crippen LogP contribution in [0.3, 0.4) is 0 Å². The van der Waals surface area contributed by atoms with Crippen molar-refractivity contribution in [1.29, 1.82) is 0 Å². The summed E-state index contributed by atoms with van der Waals surface area (Å²) in [7, 11) is 1.40. The van der Waals surface area contributed by atoms with Crippen molar-refractivity contribution < 1.29 is 14.3 Å². The van der Waals surface area contributed by atoms with Crippen LogP contribution in [0.1, 0.15) is 75.1 Å². The summed E-state index contributed by atoms with van der Waals surface area (Å²) < 4.78 is 11.3. The number of carbonyl (C=O) groups is 1. The summed E-state index contributed by atoms with van der Waals surface area (Å²) in [4.78, 5) is 25.2. The first-order chi connectivity index (χ1) is 20.3. The lowest BCUT2D eigenvalue weighted by molar-refractivity contribution is -0.169. The van der Waals surface area contributed by atoms with Crippen molar-refractivity contribution in [3.05, 3.63) is 59.4 Å². The molecule has 5 aliphatic carbocycles. The number of nitrogens with one attached hydrogen (secondary N) is 1. The number of ether oxygens (including phenoxy) is 2. The van der Waals surface area contributed by atoms with Gasteiger partial charge in [0.1, 0.15) is 22.7 Å². The number of hydrogen-bond acceptors (Lipinski definition) is 6. The van der Waals surface area contributed by atoms with Gasteiger partial charge >= 0.3 is 5.97 Å². The number of hydrogen-bond donors (Lipinski definition) is 1. The topological polar surface area (TPSA) is 70.7 Å². The summed E-state index contributed by atoms with van der Waals surface area (Å²) >= 11 is 0. The van der Waals surface area contributed by atoms with Crippen molar-refractivity contribution in [2.24, 2.45) is 16.2 Å². The number of piperazine rings is 1. The molecule has 4 saturated carbocycles. The zero-order valence-electron chi connectivity index (χ0n) is 25.0. The van der Waals surface area contributed by atoms with E-state index in [9.17, 15) is 4.79 Å². The van der Waals surface area contributed by atoms with Crippen molar-refractivity contribution in [2.45, 2.75) is 64.7 Å². The zero-order valence-corrected chi connectivity index (χ0v) is 25.0. The molecule has 0 radical (unpaired) electrons. The summed E-state index contributed by atoms with van der Waals surface area (Å²) in [5, 5.41) is 0.960. The van der Waals surface area contributed by atoms with Crippen molar-refractivity contribution >= 4 is 22.7 Å². The molecular weight excluding hydrogens is 524 g/mol. The van der Waals surface area contributed by atoms with Gasteiger partial charge in [-0.3, -0.25) is 4.90 Å². The number of nitrogens with zero attached hydrogens (tertiary/aromatic N) is 3. The van der Waals surface area contributed by atoms with Crippen molar-refractivity contribution in [2.75, 3.05) is 44.7 Å². The first-order valence-electron chi connectivity index (χ1n) is 15.9. The summed E-state index contributed by atoms with van der Waals surface area (Å²) in [6.45, 7) is 7.68. The number of aromatic nitrogens is 2. The lowest BCUT2D eigenvalue weighted by atomic mass is 9.32. The van der Waals surface area contributed by atoms with Crippen LogP contribution in [0.25, 0.3) is 11.0 Å². The molecule has 1 saturated heterocycles. The summed E-state index contributed by atoms with van der Waals surface area (Å²) in [6, 6.07) is 9.71. The third-order valence-corrected chi connectivity index (χ3v) is 11.4. The molecule has 0 unspecified atom stereocenters. The minimum Gasteiger partial charge on any atom is -0.465 e. The number of pyridine rings is 1. The first-order valence-corrected chi connectivity index (χ1v) is 15.9. The molecular formula is C35H42N4O3. The number of allylic oxidation sites excluding steroid dienone is 1. The maximum atomic E-state index is 12.6. The number of esters is 1. The van der Waals surface area contributed by atoms with Gasteiger partial charge < -0.3 is 19.4 Å². The van der Waals surface area contributed by atoms with E-state index in [0.717, 1.165) is 49.4 Å². The second-order valence-electron chi connectivity index (χ2n) is 14.4. The van der Waals surface area contributed by atoms with Gasteiger partial charge in [0.05, 0.1) is 13.3 Å². The van der Waals surface area contributed by atoms with E-state index in [-0.39, 0.29) is 0 Å². The van der Waals surface area contributed by atoms with Gasteiger partial charge in [0.15, 0.2) is 0 Å². The largest absolute Gasteiger partial charge is 0.465 e. The van der Waals surface area contributed by atoms with Crippen LogP contribution in [0.15, 0.2) is 53.9 Å². The normalized spacial score (nSPS) is 28.3. The first kappa shape index (κ1) is 26.3. The maximum absolute atomic E-state index is 12.6. The van der Waals surface area contributed by atoms with Gasteiger partial charge in [-0.25, -0.2) is 9.78 Å². The molecule has 1 aliphatic heterocycles. The van der Waals surface area contributed by atoms with Crippen LogP contribution in [-0.4, -0.2) is 60.7 Å². The molecule has 0 amide bonds. The Hall–Kier alpha value is -3.32. The molecule has 9 rings (SSSR count). The molecule has 2 aromatic heterocycles. The lowest BCUT2D eigenvalue weighted by Gasteiger charge is -2.72. The van der Waals surface area contributed by atoms with E-state index < -0.39 is 5.97 Å². The fourth-order valence-corrected chi connectivity index (χ4v) is 9.22. The number of H-pyrrole nitrogens is 1. The standard InChI is InChI=1S/C35H42N4O3/c1-33-21-35(22-33,23-33)29-18-34(8-3-9-34)10-6-25(29)20-38-12-14-39(15-13-38)26-4-5-28(32(40)41-2)30(17-26)42-27-16-24-7-11-36-31(24)37-19-27/h4-5,7,11,16-17,19H,3,6,8-10,12-15,18,20-23H2,1-2H3,(H,36,37). The van der Waals surface area contributed by atoms with Gasteiger partial charge in [0.25, 0.3) is 0 Å². The van der Waals surface area contributed by atoms with Crippen molar-refractivity contribution in [1.82, 2.24) is 14.9 Å². The fourth-order valence-electron chi connectivity index (χ4n) is 9.22. The second kappa shape index (κ2) is 9.60. The predicted octanol–water partition coefficient (Wildman–Crippen LogP) is 7.10. The van der Waals surface area contributed by atoms with Gasteiger partial charge in [-0.15, -0.1) is 0 Å². The molecule has 0 atom stereocenters. The Morgan fingerprint density at radius 1 is 1.05 bits per heavy atom. The van der Waals surface area contributed by atoms with Crippen LogP contribution in [-0.2, 0) is 4.74 Å². The highest BCUT2D eigenvalue weighted by Crippen LogP contribution is 2.78. The Balaban J connectivity index is 0.975. The quantitative estimate of drug-likeness (QED) is 0.243. The molecule has 220 valence electrons. The Labute approximate surface area is 248 Å². The highest BCUT2D eigenvalue weighted by Gasteiger charge is 2.67. The molecule has 1 aromatic carbocycles. The van der Waals surface area contributed by atoms with Gasteiger partial charge in [0, 0.05) is 56.1 Å². The smallest absolute Gasteiger partial charge is 0.341 e. The van der Waals surface area contributed by atoms with Crippen LogP contribution < -0.4 is 9.64 Å². The molecule has 1 N–H and O–H groups in total. The highest BCUT2D eigenvalue weighted by molar-refractivity contribution is 5.93. The molecule has 3 heterocycles. The summed E-state index contributed by atoms with van der Waals surface area (Å²) in [6.07, 6.45) is 16.4. The highest BCUT2D eigenvalue weighted by atomic mass is 16.5. The second-order valence-corrected chi connectivity index (χ2v) is 14.4. The van der Waals surface area contributed by atoms with E-state index in [1.807, 2.05) is 42.1 Å². The van der Waals surface area contributed by atoms with Gasteiger partial charge in [-0.2, -0.15) is 0 Å². The number of anilines is 1. The average molecular weight is 567 g/mol. The van der Waals surface area contributed by atoms with E-state index in [1.165, 1.54) is 64.9 Å². The van der Waals surface area contributed by atoms with Crippen LogP contribution in [0, 0.1) is 16.2 Å². The number of carbonyl (C=O) groups excluding carboxylic acids is 1. The molecule has 5 fully saturated rings. The molecule has 1 spiro atoms. The van der Waals surface area contributed by atoms with E-state index in [1.54, 1.807) is 11.8 Å². The number of rotatable bonds is 7. The SMILES string of the molecule is COC(=O)c1ccc(N2CCN(CC3=C(C45CC(C)(C4)C5)CC4(CCC4)CC3)CC2)cc1Oc1cnc2[nH]ccc2c1. The number of aromatic amines is 1. The Bertz CT molecular complexity index is 1560. The van der Waals surface area contributed by atoms with Gasteiger partial charge in [0.2, 0.25) is 0 Å². The third kappa shape index (κ3) is 4.34. The van der Waals surface area contributed by atoms with E-state index in [4.69, 9.17) is 9.47 Å². The molecule has 42 heavy (non-hydrogen) atoms. The summed E-state index contributed by atoms with van der Waals surface area (Å²) in [5.41, 5.74) is 7.89. The lowest BCUT2D eigenvalue weighted by Crippen LogP contribution is -2.62. The predicted molar refractivity (Wildman–Crippen MR) is 164 cm³/mol. The Morgan fingerprint density at radius 2 is 1.86 bits per heavy atom. The van der Waals surface area contributed by atoms with Gasteiger partial charge in [-0.1, -0.05) is 24.5 Å². The van der Waals surface area contributed by atoms with Crippen molar-refractivity contribution in [3.63, 3.8) is 0 Å². The average Bonchev–Trinajstić information content (AvgIpc) is 3.42. The van der Waals surface area contributed by atoms with Gasteiger partial charge in [-0.05, 0) is 91.9 Å². The molecule has 2 bridgehead atoms. The number of methoxy groups -OCH3 is 1. The van der Waals surface area contributed by atoms with Crippen LogP contribution >= 0.6 is 0 Å². The van der Waals surface area contributed by atoms with Crippen LogP contribution in [0.5, 0.6) is 11.5 Å². The van der Waals surface area contributed by atoms with E-state index in [0.29, 0.717) is 33.3 Å². The fraction of sp³-hybridized carbons (Fsp3) is 0.543. The molecule has 6 aliphatic rings. The minimum atomic E-state index is -0.407. The van der Waals surface area contributed by atoms with Crippen LogP contribution in [0.2, 0.25) is 0 Å². The van der Waals surface area contributed by atoms with E-state index in [2.05, 4.69) is 26.7 Å². The van der Waals surface area contributed by atoms with Crippen molar-refractivity contribution in [3.8, 4) is 11.5 Å². The zero-order chi connectivity index (χ0) is 28.5. The Morgan fingerprint density at radius 3 is 2.57 bits per heavy atom. The summed E-state index contributed by atoms with van der Waals surface area (Å²) in [5.74, 6) is 0.676. The monoisotopic (exact) mass is 566 g/mol. The number of benzene rings is 1. The molecule has 3 aromatic rings. The minimum absolute atomic E-state index is 0.407. The van der Waals surface area contributed by atoms with E-state index >= 15 is 0 Å². The maximum Gasteiger partial charge on any atom is 0.341 e. The molecule has 7 nitrogen and oxygen atoms in total. The molecule has 7 heteroatoms.